The largest absolute Gasteiger partial charge is 0.384 e. The minimum absolute atomic E-state index is 0.304. The van der Waals surface area contributed by atoms with E-state index in [1.807, 2.05) is 0 Å². The molecule has 1 aromatic heterocycles. The molecular formula is C14H10BrFN2O2. The first kappa shape index (κ1) is 13.1. The van der Waals surface area contributed by atoms with Crippen LogP contribution in [0.25, 0.3) is 11.0 Å². The fraction of sp³-hybridized carbons (Fsp3) is 0.0714. The van der Waals surface area contributed by atoms with Crippen molar-refractivity contribution in [1.82, 2.24) is 9.97 Å². The summed E-state index contributed by atoms with van der Waals surface area (Å²) < 4.78 is 13.8. The van der Waals surface area contributed by atoms with Gasteiger partial charge in [-0.1, -0.05) is 12.1 Å². The van der Waals surface area contributed by atoms with Gasteiger partial charge in [0.1, 0.15) is 11.9 Å². The summed E-state index contributed by atoms with van der Waals surface area (Å²) in [4.78, 5) is 16.4. The van der Waals surface area contributed by atoms with E-state index in [2.05, 4.69) is 25.9 Å². The van der Waals surface area contributed by atoms with Crippen LogP contribution in [0.4, 0.5) is 4.39 Å². The summed E-state index contributed by atoms with van der Waals surface area (Å²) in [7, 11) is 0. The van der Waals surface area contributed by atoms with Gasteiger partial charge in [0.15, 0.2) is 0 Å². The number of halogens is 2. The van der Waals surface area contributed by atoms with Crippen LogP contribution in [0.1, 0.15) is 17.2 Å². The van der Waals surface area contributed by atoms with Gasteiger partial charge in [-0.05, 0) is 51.3 Å². The van der Waals surface area contributed by atoms with Gasteiger partial charge >= 0.3 is 5.69 Å². The number of hydrogen-bond donors (Lipinski definition) is 3. The van der Waals surface area contributed by atoms with Gasteiger partial charge in [0.05, 0.1) is 15.5 Å². The van der Waals surface area contributed by atoms with E-state index in [1.54, 1.807) is 30.3 Å². The number of hydrogen-bond acceptors (Lipinski definition) is 2. The molecule has 0 saturated carbocycles. The first-order valence-corrected chi connectivity index (χ1v) is 6.69. The van der Waals surface area contributed by atoms with E-state index in [4.69, 9.17) is 0 Å². The van der Waals surface area contributed by atoms with Crippen LogP contribution < -0.4 is 5.69 Å². The minimum Gasteiger partial charge on any atom is -0.384 e. The van der Waals surface area contributed by atoms with Gasteiger partial charge in [-0.2, -0.15) is 0 Å². The van der Waals surface area contributed by atoms with Gasteiger partial charge in [-0.25, -0.2) is 9.18 Å². The van der Waals surface area contributed by atoms with Crippen LogP contribution in [0, 0.1) is 5.82 Å². The quantitative estimate of drug-likeness (QED) is 0.673. The third-order valence-electron chi connectivity index (χ3n) is 3.12. The SMILES string of the molecule is O=c1[nH]c2ccc(C(O)c3ccc(Br)c(F)c3)cc2[nH]1. The second-order valence-corrected chi connectivity index (χ2v) is 5.31. The molecule has 1 unspecified atom stereocenters. The number of aliphatic hydroxyl groups is 1. The van der Waals surface area contributed by atoms with Gasteiger partial charge in [-0.15, -0.1) is 0 Å². The summed E-state index contributed by atoms with van der Waals surface area (Å²) in [6.45, 7) is 0. The lowest BCUT2D eigenvalue weighted by atomic mass is 10.0. The third kappa shape index (κ3) is 2.28. The molecule has 0 radical (unpaired) electrons. The summed E-state index contributed by atoms with van der Waals surface area (Å²) in [5.41, 5.74) is 1.98. The van der Waals surface area contributed by atoms with Crippen molar-refractivity contribution in [2.75, 3.05) is 0 Å². The molecule has 0 amide bonds. The predicted octanol–water partition coefficient (Wildman–Crippen LogP) is 2.84. The molecule has 3 N–H and O–H groups in total. The molecule has 0 aliphatic rings. The van der Waals surface area contributed by atoms with Gasteiger partial charge in [-0.3, -0.25) is 0 Å². The Bertz CT molecular complexity index is 841. The molecule has 0 spiro atoms. The van der Waals surface area contributed by atoms with Crippen molar-refractivity contribution < 1.29 is 9.50 Å². The van der Waals surface area contributed by atoms with Crippen LogP contribution in [0.2, 0.25) is 0 Å². The normalized spacial score (nSPS) is 12.8. The first-order chi connectivity index (χ1) is 9.54. The Balaban J connectivity index is 2.04. The molecule has 0 bridgehead atoms. The summed E-state index contributed by atoms with van der Waals surface area (Å²) in [6.07, 6.45) is -0.958. The Hall–Kier alpha value is -1.92. The number of nitrogens with one attached hydrogen (secondary N) is 2. The molecule has 0 fully saturated rings. The average Bonchev–Trinajstić information content (AvgIpc) is 2.80. The van der Waals surface area contributed by atoms with Crippen molar-refractivity contribution in [2.24, 2.45) is 0 Å². The average molecular weight is 337 g/mol. The number of fused-ring (bicyclic) bond motifs is 1. The number of aliphatic hydroxyl groups excluding tert-OH is 1. The predicted molar refractivity (Wildman–Crippen MR) is 77.1 cm³/mol. The highest BCUT2D eigenvalue weighted by Gasteiger charge is 2.13. The highest BCUT2D eigenvalue weighted by atomic mass is 79.9. The third-order valence-corrected chi connectivity index (χ3v) is 3.76. The number of aromatic nitrogens is 2. The van der Waals surface area contributed by atoms with E-state index in [-0.39, 0.29) is 5.69 Å². The lowest BCUT2D eigenvalue weighted by Crippen LogP contribution is -2.00. The highest BCUT2D eigenvalue weighted by molar-refractivity contribution is 9.10. The molecule has 102 valence electrons. The highest BCUT2D eigenvalue weighted by Crippen LogP contribution is 2.26. The molecule has 2 aromatic carbocycles. The van der Waals surface area contributed by atoms with E-state index in [9.17, 15) is 14.3 Å². The Morgan fingerprint density at radius 3 is 2.45 bits per heavy atom. The molecular weight excluding hydrogens is 327 g/mol. The van der Waals surface area contributed by atoms with E-state index in [1.165, 1.54) is 6.07 Å². The number of aromatic amines is 2. The summed E-state index contributed by atoms with van der Waals surface area (Å²) in [5, 5.41) is 10.3. The van der Waals surface area contributed by atoms with Crippen LogP contribution >= 0.6 is 15.9 Å². The van der Waals surface area contributed by atoms with Crippen molar-refractivity contribution in [3.05, 3.63) is 68.3 Å². The van der Waals surface area contributed by atoms with Crippen molar-refractivity contribution in [1.29, 1.82) is 0 Å². The molecule has 3 aromatic rings. The standard InChI is InChI=1S/C14H10BrFN2O2/c15-9-3-1-7(5-10(9)16)13(19)8-2-4-11-12(6-8)18-14(20)17-11/h1-6,13,19H,(H2,17,18,20). The minimum atomic E-state index is -0.958. The zero-order valence-corrected chi connectivity index (χ0v) is 11.7. The second kappa shape index (κ2) is 4.88. The Labute approximate surface area is 121 Å². The summed E-state index contributed by atoms with van der Waals surface area (Å²) >= 11 is 3.07. The molecule has 0 aliphatic heterocycles. The van der Waals surface area contributed by atoms with E-state index in [0.29, 0.717) is 26.6 Å². The number of imidazole rings is 1. The summed E-state index contributed by atoms with van der Waals surface area (Å²) in [6, 6.07) is 9.51. The molecule has 1 atom stereocenters. The number of benzene rings is 2. The van der Waals surface area contributed by atoms with Crippen LogP contribution in [0.5, 0.6) is 0 Å². The smallest absolute Gasteiger partial charge is 0.323 e. The van der Waals surface area contributed by atoms with E-state index < -0.39 is 11.9 Å². The molecule has 6 heteroatoms. The second-order valence-electron chi connectivity index (χ2n) is 4.46. The Morgan fingerprint density at radius 1 is 1.05 bits per heavy atom. The van der Waals surface area contributed by atoms with Crippen LogP contribution in [0.3, 0.4) is 0 Å². The molecule has 4 nitrogen and oxygen atoms in total. The van der Waals surface area contributed by atoms with Crippen molar-refractivity contribution in [3.8, 4) is 0 Å². The zero-order valence-electron chi connectivity index (χ0n) is 10.2. The Kier molecular flexibility index (Phi) is 3.19. The van der Waals surface area contributed by atoms with Crippen LogP contribution in [-0.2, 0) is 0 Å². The molecule has 0 saturated heterocycles. The maximum absolute atomic E-state index is 13.5. The molecule has 20 heavy (non-hydrogen) atoms. The number of H-pyrrole nitrogens is 2. The van der Waals surface area contributed by atoms with E-state index >= 15 is 0 Å². The lowest BCUT2D eigenvalue weighted by Gasteiger charge is -2.12. The van der Waals surface area contributed by atoms with Crippen LogP contribution in [0.15, 0.2) is 45.7 Å². The van der Waals surface area contributed by atoms with Gasteiger partial charge in [0, 0.05) is 0 Å². The van der Waals surface area contributed by atoms with Gasteiger partial charge in [0.25, 0.3) is 0 Å². The zero-order chi connectivity index (χ0) is 14.3. The maximum Gasteiger partial charge on any atom is 0.323 e. The molecule has 1 heterocycles. The fourth-order valence-corrected chi connectivity index (χ4v) is 2.34. The first-order valence-electron chi connectivity index (χ1n) is 5.89. The van der Waals surface area contributed by atoms with Crippen molar-refractivity contribution >= 4 is 27.0 Å². The maximum atomic E-state index is 13.5. The fourth-order valence-electron chi connectivity index (χ4n) is 2.10. The van der Waals surface area contributed by atoms with Crippen LogP contribution in [-0.4, -0.2) is 15.1 Å². The van der Waals surface area contributed by atoms with Crippen molar-refractivity contribution in [3.63, 3.8) is 0 Å². The topological polar surface area (TPSA) is 68.9 Å². The lowest BCUT2D eigenvalue weighted by molar-refractivity contribution is 0.220. The van der Waals surface area contributed by atoms with E-state index in [0.717, 1.165) is 0 Å². The van der Waals surface area contributed by atoms with Crippen molar-refractivity contribution in [2.45, 2.75) is 6.10 Å². The van der Waals surface area contributed by atoms with Gasteiger partial charge < -0.3 is 15.1 Å². The number of rotatable bonds is 2. The van der Waals surface area contributed by atoms with Gasteiger partial charge in [0.2, 0.25) is 0 Å². The molecule has 0 aliphatic carbocycles. The summed E-state index contributed by atoms with van der Waals surface area (Å²) in [5.74, 6) is -0.433. The molecule has 3 rings (SSSR count). The Morgan fingerprint density at radius 2 is 1.70 bits per heavy atom. The monoisotopic (exact) mass is 336 g/mol.